The number of para-hydroxylation sites is 1. The summed E-state index contributed by atoms with van der Waals surface area (Å²) in [5, 5.41) is 3.10. The van der Waals surface area contributed by atoms with E-state index in [0.29, 0.717) is 35.1 Å². The number of ether oxygens (including phenoxy) is 2. The Hall–Kier alpha value is -3.06. The topological polar surface area (TPSA) is 84.9 Å². The number of ketones is 1. The SMILES string of the molecule is COc1ccc(Cl)cc1C(=O)N1CC[C@H](C(=O)NCC(=O)COc2c(C)cccc2C)C1. The Morgan fingerprint density at radius 2 is 1.88 bits per heavy atom. The Kier molecular flexibility index (Phi) is 7.75. The number of benzene rings is 2. The van der Waals surface area contributed by atoms with Crippen molar-refractivity contribution in [2.45, 2.75) is 20.3 Å². The van der Waals surface area contributed by atoms with Crippen molar-refractivity contribution in [1.82, 2.24) is 10.2 Å². The van der Waals surface area contributed by atoms with E-state index in [4.69, 9.17) is 21.1 Å². The molecular formula is C24H27ClN2O5. The lowest BCUT2D eigenvalue weighted by molar-refractivity contribution is -0.128. The lowest BCUT2D eigenvalue weighted by atomic mass is 10.1. The second-order valence-corrected chi connectivity index (χ2v) is 8.28. The molecule has 2 aromatic carbocycles. The first kappa shape index (κ1) is 23.6. The highest BCUT2D eigenvalue weighted by molar-refractivity contribution is 6.31. The third-order valence-corrected chi connectivity index (χ3v) is 5.72. The van der Waals surface area contributed by atoms with Crippen LogP contribution in [0.2, 0.25) is 5.02 Å². The smallest absolute Gasteiger partial charge is 0.257 e. The Morgan fingerprint density at radius 1 is 1.16 bits per heavy atom. The predicted octanol–water partition coefficient (Wildman–Crippen LogP) is 3.19. The molecule has 0 saturated carbocycles. The normalized spacial score (nSPS) is 15.4. The van der Waals surface area contributed by atoms with Crippen LogP contribution in [-0.4, -0.2) is 55.8 Å². The molecule has 0 radical (unpaired) electrons. The maximum Gasteiger partial charge on any atom is 0.257 e. The summed E-state index contributed by atoms with van der Waals surface area (Å²) in [4.78, 5) is 39.2. The molecule has 8 heteroatoms. The van der Waals surface area contributed by atoms with E-state index in [9.17, 15) is 14.4 Å². The van der Waals surface area contributed by atoms with Crippen LogP contribution in [-0.2, 0) is 9.59 Å². The Labute approximate surface area is 192 Å². The van der Waals surface area contributed by atoms with Crippen LogP contribution < -0.4 is 14.8 Å². The molecule has 1 heterocycles. The average molecular weight is 459 g/mol. The highest BCUT2D eigenvalue weighted by Crippen LogP contribution is 2.27. The summed E-state index contributed by atoms with van der Waals surface area (Å²) in [5.41, 5.74) is 2.27. The molecule has 0 aliphatic carbocycles. The molecule has 0 bridgehead atoms. The van der Waals surface area contributed by atoms with Crippen LogP contribution >= 0.6 is 11.6 Å². The van der Waals surface area contributed by atoms with Crippen LogP contribution in [0, 0.1) is 19.8 Å². The lowest BCUT2D eigenvalue weighted by Gasteiger charge is -2.18. The molecular weight excluding hydrogens is 432 g/mol. The van der Waals surface area contributed by atoms with Gasteiger partial charge in [-0.05, 0) is 49.6 Å². The number of rotatable bonds is 8. The molecule has 7 nitrogen and oxygen atoms in total. The van der Waals surface area contributed by atoms with E-state index < -0.39 is 0 Å². The van der Waals surface area contributed by atoms with Crippen molar-refractivity contribution in [1.29, 1.82) is 0 Å². The summed E-state index contributed by atoms with van der Waals surface area (Å²) in [5.74, 6) is 0.0268. The molecule has 32 heavy (non-hydrogen) atoms. The first-order chi connectivity index (χ1) is 15.3. The minimum Gasteiger partial charge on any atom is -0.496 e. The molecule has 1 fully saturated rings. The van der Waals surface area contributed by atoms with Gasteiger partial charge in [-0.15, -0.1) is 0 Å². The lowest BCUT2D eigenvalue weighted by Crippen LogP contribution is -2.38. The van der Waals surface area contributed by atoms with E-state index in [1.807, 2.05) is 32.0 Å². The maximum absolute atomic E-state index is 12.9. The summed E-state index contributed by atoms with van der Waals surface area (Å²) in [7, 11) is 1.49. The number of Topliss-reactive ketones (excluding diaryl/α,β-unsaturated/α-hetero) is 1. The molecule has 0 aromatic heterocycles. The molecule has 2 amide bonds. The number of hydrogen-bond donors (Lipinski definition) is 1. The quantitative estimate of drug-likeness (QED) is 0.656. The van der Waals surface area contributed by atoms with Gasteiger partial charge >= 0.3 is 0 Å². The van der Waals surface area contributed by atoms with Crippen LogP contribution in [0.25, 0.3) is 0 Å². The van der Waals surface area contributed by atoms with Crippen molar-refractivity contribution in [3.05, 3.63) is 58.1 Å². The number of amides is 2. The van der Waals surface area contributed by atoms with Gasteiger partial charge in [0, 0.05) is 18.1 Å². The van der Waals surface area contributed by atoms with Crippen molar-refractivity contribution in [3.8, 4) is 11.5 Å². The zero-order valence-corrected chi connectivity index (χ0v) is 19.2. The van der Waals surface area contributed by atoms with Crippen LogP contribution in [0.3, 0.4) is 0 Å². The standard InChI is InChI=1S/C24H27ClN2O5/c1-15-5-4-6-16(2)22(15)32-14-19(28)12-26-23(29)17-9-10-27(13-17)24(30)20-11-18(25)7-8-21(20)31-3/h4-8,11,17H,9-10,12-14H2,1-3H3,(H,26,29)/t17-/m0/s1. The fourth-order valence-corrected chi connectivity index (χ4v) is 3.91. The zero-order chi connectivity index (χ0) is 23.3. The number of carbonyl (C=O) groups is 3. The van der Waals surface area contributed by atoms with Gasteiger partial charge < -0.3 is 19.7 Å². The van der Waals surface area contributed by atoms with Gasteiger partial charge in [0.05, 0.1) is 25.1 Å². The van der Waals surface area contributed by atoms with Gasteiger partial charge in [-0.25, -0.2) is 0 Å². The second-order valence-electron chi connectivity index (χ2n) is 7.85. The number of nitrogens with one attached hydrogen (secondary N) is 1. The molecule has 170 valence electrons. The largest absolute Gasteiger partial charge is 0.496 e. The average Bonchev–Trinajstić information content (AvgIpc) is 3.27. The van der Waals surface area contributed by atoms with Crippen molar-refractivity contribution >= 4 is 29.2 Å². The van der Waals surface area contributed by atoms with Gasteiger partial charge in [0.1, 0.15) is 18.1 Å². The molecule has 1 aliphatic heterocycles. The molecule has 1 N–H and O–H groups in total. The molecule has 1 saturated heterocycles. The van der Waals surface area contributed by atoms with Crippen molar-refractivity contribution in [2.24, 2.45) is 5.92 Å². The summed E-state index contributed by atoms with van der Waals surface area (Å²) < 4.78 is 10.9. The van der Waals surface area contributed by atoms with Gasteiger partial charge in [0.2, 0.25) is 5.91 Å². The van der Waals surface area contributed by atoms with E-state index in [2.05, 4.69) is 5.32 Å². The summed E-state index contributed by atoms with van der Waals surface area (Å²) in [6.07, 6.45) is 0.521. The third-order valence-electron chi connectivity index (χ3n) is 5.48. The summed E-state index contributed by atoms with van der Waals surface area (Å²) in [6, 6.07) is 10.6. The molecule has 0 unspecified atom stereocenters. The van der Waals surface area contributed by atoms with Gasteiger partial charge in [0.25, 0.3) is 5.91 Å². The van der Waals surface area contributed by atoms with E-state index in [0.717, 1.165) is 11.1 Å². The van der Waals surface area contributed by atoms with Crippen LogP contribution in [0.15, 0.2) is 36.4 Å². The predicted molar refractivity (Wildman–Crippen MR) is 121 cm³/mol. The van der Waals surface area contributed by atoms with Gasteiger partial charge in [0.15, 0.2) is 5.78 Å². The van der Waals surface area contributed by atoms with E-state index in [-0.39, 0.29) is 43.2 Å². The number of hydrogen-bond acceptors (Lipinski definition) is 5. The Morgan fingerprint density at radius 3 is 2.56 bits per heavy atom. The highest BCUT2D eigenvalue weighted by Gasteiger charge is 2.32. The summed E-state index contributed by atoms with van der Waals surface area (Å²) in [6.45, 7) is 4.32. The Bertz CT molecular complexity index is 1000. The summed E-state index contributed by atoms with van der Waals surface area (Å²) >= 11 is 6.02. The van der Waals surface area contributed by atoms with E-state index >= 15 is 0 Å². The minimum atomic E-state index is -0.378. The van der Waals surface area contributed by atoms with Crippen LogP contribution in [0.4, 0.5) is 0 Å². The van der Waals surface area contributed by atoms with Crippen molar-refractivity contribution < 1.29 is 23.9 Å². The fraction of sp³-hybridized carbons (Fsp3) is 0.375. The third kappa shape index (κ3) is 5.59. The van der Waals surface area contributed by atoms with Crippen molar-refractivity contribution in [2.75, 3.05) is 33.4 Å². The molecule has 2 aromatic rings. The number of likely N-dealkylation sites (tertiary alicyclic amines) is 1. The van der Waals surface area contributed by atoms with Gasteiger partial charge in [-0.2, -0.15) is 0 Å². The van der Waals surface area contributed by atoms with Crippen molar-refractivity contribution in [3.63, 3.8) is 0 Å². The Balaban J connectivity index is 1.49. The first-order valence-electron chi connectivity index (χ1n) is 10.4. The monoisotopic (exact) mass is 458 g/mol. The number of halogens is 1. The van der Waals surface area contributed by atoms with E-state index in [1.54, 1.807) is 23.1 Å². The minimum absolute atomic E-state index is 0.115. The van der Waals surface area contributed by atoms with Crippen LogP contribution in [0.5, 0.6) is 11.5 Å². The molecule has 1 atom stereocenters. The fourth-order valence-electron chi connectivity index (χ4n) is 3.74. The maximum atomic E-state index is 12.9. The molecule has 0 spiro atoms. The van der Waals surface area contributed by atoms with Crippen LogP contribution in [0.1, 0.15) is 27.9 Å². The molecule has 3 rings (SSSR count). The number of methoxy groups -OCH3 is 1. The van der Waals surface area contributed by atoms with Gasteiger partial charge in [-0.3, -0.25) is 14.4 Å². The zero-order valence-electron chi connectivity index (χ0n) is 18.4. The molecule has 1 aliphatic rings. The number of aryl methyl sites for hydroxylation is 2. The van der Waals surface area contributed by atoms with E-state index in [1.165, 1.54) is 7.11 Å². The second kappa shape index (κ2) is 10.5. The number of nitrogens with zero attached hydrogens (tertiary/aromatic N) is 1. The number of carbonyl (C=O) groups excluding carboxylic acids is 3. The first-order valence-corrected chi connectivity index (χ1v) is 10.8. The highest BCUT2D eigenvalue weighted by atomic mass is 35.5. The van der Waals surface area contributed by atoms with Gasteiger partial charge in [-0.1, -0.05) is 29.8 Å².